The zero-order valence-electron chi connectivity index (χ0n) is 8.80. The second-order valence-electron chi connectivity index (χ2n) is 3.78. The summed E-state index contributed by atoms with van der Waals surface area (Å²) in [6.45, 7) is 1.62. The van der Waals surface area contributed by atoms with Gasteiger partial charge in [-0.05, 0) is 19.1 Å². The van der Waals surface area contributed by atoms with E-state index in [0.29, 0.717) is 11.3 Å². The van der Waals surface area contributed by atoms with Crippen LogP contribution >= 0.6 is 0 Å². The van der Waals surface area contributed by atoms with Crippen LogP contribution < -0.4 is 5.43 Å². The van der Waals surface area contributed by atoms with Gasteiger partial charge in [-0.2, -0.15) is 0 Å². The highest BCUT2D eigenvalue weighted by molar-refractivity contribution is 5.82. The van der Waals surface area contributed by atoms with E-state index in [2.05, 4.69) is 0 Å². The summed E-state index contributed by atoms with van der Waals surface area (Å²) in [7, 11) is 0. The van der Waals surface area contributed by atoms with E-state index in [9.17, 15) is 15.0 Å². The Hall–Kier alpha value is -1.81. The molecule has 16 heavy (non-hydrogen) atoms. The third-order valence-corrected chi connectivity index (χ3v) is 2.28. The molecule has 0 unspecified atom stereocenters. The zero-order valence-corrected chi connectivity index (χ0v) is 8.80. The topological polar surface area (TPSA) is 70.7 Å². The van der Waals surface area contributed by atoms with Crippen molar-refractivity contribution >= 4 is 11.0 Å². The Morgan fingerprint density at radius 3 is 2.88 bits per heavy atom. The lowest BCUT2D eigenvalue weighted by Crippen LogP contribution is -2.08. The highest BCUT2D eigenvalue weighted by Crippen LogP contribution is 2.21. The predicted octanol–water partition coefficient (Wildman–Crippen LogP) is 1.42. The number of aliphatic hydroxyl groups is 1. The van der Waals surface area contributed by atoms with Crippen molar-refractivity contribution in [3.8, 4) is 5.75 Å². The average molecular weight is 220 g/mol. The maximum atomic E-state index is 11.7. The van der Waals surface area contributed by atoms with Crippen molar-refractivity contribution < 1.29 is 14.6 Å². The van der Waals surface area contributed by atoms with E-state index in [4.69, 9.17) is 4.42 Å². The lowest BCUT2D eigenvalue weighted by Gasteiger charge is -2.05. The first-order valence-electron chi connectivity index (χ1n) is 5.00. The normalized spacial score (nSPS) is 12.9. The van der Waals surface area contributed by atoms with E-state index >= 15 is 0 Å². The molecular formula is C12H12O4. The van der Waals surface area contributed by atoms with Crippen LogP contribution in [-0.4, -0.2) is 16.3 Å². The van der Waals surface area contributed by atoms with Crippen LogP contribution in [0.3, 0.4) is 0 Å². The molecular weight excluding hydrogens is 208 g/mol. The summed E-state index contributed by atoms with van der Waals surface area (Å²) in [5, 5.41) is 18.9. The summed E-state index contributed by atoms with van der Waals surface area (Å²) in [4.78, 5) is 11.7. The Morgan fingerprint density at radius 1 is 1.44 bits per heavy atom. The van der Waals surface area contributed by atoms with Gasteiger partial charge >= 0.3 is 0 Å². The lowest BCUT2D eigenvalue weighted by atomic mass is 10.1. The molecule has 2 aromatic rings. The molecule has 84 valence electrons. The van der Waals surface area contributed by atoms with Crippen molar-refractivity contribution in [1.82, 2.24) is 0 Å². The SMILES string of the molecule is C[C@H](O)Cc1cc(=O)c2c(O)cccc2o1. The highest BCUT2D eigenvalue weighted by atomic mass is 16.3. The molecule has 0 aliphatic rings. The van der Waals surface area contributed by atoms with Gasteiger partial charge in [0.2, 0.25) is 0 Å². The second-order valence-corrected chi connectivity index (χ2v) is 3.78. The molecule has 1 aromatic heterocycles. The van der Waals surface area contributed by atoms with Gasteiger partial charge in [0.05, 0.1) is 6.10 Å². The molecule has 1 atom stereocenters. The van der Waals surface area contributed by atoms with Crippen molar-refractivity contribution in [3.05, 3.63) is 40.2 Å². The standard InChI is InChI=1S/C12H12O4/c1-7(13)5-8-6-10(15)12-9(14)3-2-4-11(12)16-8/h2-4,6-7,13-14H,5H2,1H3/t7-/m0/s1. The first-order chi connectivity index (χ1) is 7.58. The molecule has 0 aliphatic carbocycles. The number of rotatable bonds is 2. The number of phenolic OH excluding ortho intramolecular Hbond substituents is 1. The van der Waals surface area contributed by atoms with Gasteiger partial charge in [-0.3, -0.25) is 4.79 Å². The van der Waals surface area contributed by atoms with Crippen molar-refractivity contribution in [3.63, 3.8) is 0 Å². The molecule has 4 heteroatoms. The maximum absolute atomic E-state index is 11.7. The number of aromatic hydroxyl groups is 1. The molecule has 4 nitrogen and oxygen atoms in total. The van der Waals surface area contributed by atoms with Crippen molar-refractivity contribution in [2.24, 2.45) is 0 Å². The molecule has 0 aliphatic heterocycles. The summed E-state index contributed by atoms with van der Waals surface area (Å²) in [5.74, 6) is 0.327. The lowest BCUT2D eigenvalue weighted by molar-refractivity contribution is 0.187. The predicted molar refractivity (Wildman–Crippen MR) is 59.5 cm³/mol. The van der Waals surface area contributed by atoms with Crippen LogP contribution in [0.4, 0.5) is 0 Å². The van der Waals surface area contributed by atoms with Crippen LogP contribution in [0.2, 0.25) is 0 Å². The van der Waals surface area contributed by atoms with Crippen LogP contribution in [0.1, 0.15) is 12.7 Å². The van der Waals surface area contributed by atoms with Crippen LogP contribution in [0, 0.1) is 0 Å². The minimum Gasteiger partial charge on any atom is -0.507 e. The second kappa shape index (κ2) is 3.98. The number of fused-ring (bicyclic) bond motifs is 1. The Bertz CT molecular complexity index is 569. The fraction of sp³-hybridized carbons (Fsp3) is 0.250. The Morgan fingerprint density at radius 2 is 2.19 bits per heavy atom. The quantitative estimate of drug-likeness (QED) is 0.803. The van der Waals surface area contributed by atoms with Crippen LogP contribution in [0.25, 0.3) is 11.0 Å². The molecule has 0 fully saturated rings. The fourth-order valence-corrected chi connectivity index (χ4v) is 1.63. The molecule has 2 rings (SSSR count). The fourth-order valence-electron chi connectivity index (χ4n) is 1.63. The first-order valence-corrected chi connectivity index (χ1v) is 5.00. The number of aliphatic hydroxyl groups excluding tert-OH is 1. The van der Waals surface area contributed by atoms with Gasteiger partial charge in [-0.15, -0.1) is 0 Å². The summed E-state index contributed by atoms with van der Waals surface area (Å²) in [6, 6.07) is 5.96. The molecule has 0 saturated heterocycles. The summed E-state index contributed by atoms with van der Waals surface area (Å²) < 4.78 is 5.41. The average Bonchev–Trinajstić information content (AvgIpc) is 2.15. The third-order valence-electron chi connectivity index (χ3n) is 2.28. The largest absolute Gasteiger partial charge is 0.507 e. The monoisotopic (exact) mass is 220 g/mol. The molecule has 1 heterocycles. The Balaban J connectivity index is 2.64. The molecule has 1 aromatic carbocycles. The summed E-state index contributed by atoms with van der Waals surface area (Å²) >= 11 is 0. The number of phenols is 1. The minimum atomic E-state index is -0.571. The summed E-state index contributed by atoms with van der Waals surface area (Å²) in [6.07, 6.45) is -0.293. The van der Waals surface area contributed by atoms with Gasteiger partial charge in [0.25, 0.3) is 0 Å². The van der Waals surface area contributed by atoms with Crippen LogP contribution in [0.15, 0.2) is 33.5 Å². The van der Waals surface area contributed by atoms with E-state index in [1.807, 2.05) is 0 Å². The van der Waals surface area contributed by atoms with Gasteiger partial charge in [0, 0.05) is 12.5 Å². The third kappa shape index (κ3) is 1.92. The minimum absolute atomic E-state index is 0.0881. The molecule has 0 saturated carbocycles. The number of benzene rings is 1. The van der Waals surface area contributed by atoms with Crippen molar-refractivity contribution in [2.75, 3.05) is 0 Å². The van der Waals surface area contributed by atoms with Gasteiger partial charge < -0.3 is 14.6 Å². The smallest absolute Gasteiger partial charge is 0.196 e. The molecule has 0 bridgehead atoms. The highest BCUT2D eigenvalue weighted by Gasteiger charge is 2.09. The van der Waals surface area contributed by atoms with E-state index in [0.717, 1.165) is 0 Å². The van der Waals surface area contributed by atoms with E-state index in [1.165, 1.54) is 12.1 Å². The molecule has 2 N–H and O–H groups in total. The first kappa shape index (κ1) is 10.7. The van der Waals surface area contributed by atoms with Crippen molar-refractivity contribution in [2.45, 2.75) is 19.4 Å². The van der Waals surface area contributed by atoms with E-state index < -0.39 is 6.10 Å². The molecule has 0 spiro atoms. The van der Waals surface area contributed by atoms with Crippen LogP contribution in [-0.2, 0) is 6.42 Å². The van der Waals surface area contributed by atoms with Crippen molar-refractivity contribution in [1.29, 1.82) is 0 Å². The summed E-state index contributed by atoms with van der Waals surface area (Å²) in [5.41, 5.74) is 0.0400. The molecule has 0 radical (unpaired) electrons. The maximum Gasteiger partial charge on any atom is 0.196 e. The molecule has 0 amide bonds. The number of hydrogen-bond acceptors (Lipinski definition) is 4. The zero-order chi connectivity index (χ0) is 11.7. The Kier molecular flexibility index (Phi) is 2.66. The van der Waals surface area contributed by atoms with E-state index in [-0.39, 0.29) is 23.0 Å². The van der Waals surface area contributed by atoms with Gasteiger partial charge in [0.1, 0.15) is 22.5 Å². The van der Waals surface area contributed by atoms with Gasteiger partial charge in [-0.25, -0.2) is 0 Å². The number of hydrogen-bond donors (Lipinski definition) is 2. The van der Waals surface area contributed by atoms with Crippen LogP contribution in [0.5, 0.6) is 5.75 Å². The van der Waals surface area contributed by atoms with E-state index in [1.54, 1.807) is 19.1 Å². The van der Waals surface area contributed by atoms with Gasteiger partial charge in [-0.1, -0.05) is 6.07 Å². The van der Waals surface area contributed by atoms with Gasteiger partial charge in [0.15, 0.2) is 5.43 Å². The Labute approximate surface area is 91.8 Å².